The Morgan fingerprint density at radius 1 is 1.28 bits per heavy atom. The molecule has 1 heterocycles. The number of benzene rings is 1. The molecule has 0 radical (unpaired) electrons. The van der Waals surface area contributed by atoms with Gasteiger partial charge in [0.25, 0.3) is 0 Å². The average molecular weight is 253 g/mol. The molecule has 0 amide bonds. The molecule has 0 N–H and O–H groups in total. The molecular formula is C13H13F2NO2. The van der Waals surface area contributed by atoms with Gasteiger partial charge in [-0.1, -0.05) is 24.2 Å². The minimum Gasteiger partial charge on any atom is -0.369 e. The minimum absolute atomic E-state index is 0.00818. The number of aromatic nitrogens is 1. The normalized spacial score (nSPS) is 10.8. The van der Waals surface area contributed by atoms with Gasteiger partial charge in [-0.05, 0) is 12.5 Å². The van der Waals surface area contributed by atoms with E-state index in [2.05, 4.69) is 5.16 Å². The second-order valence-electron chi connectivity index (χ2n) is 3.84. The van der Waals surface area contributed by atoms with Gasteiger partial charge in [-0.2, -0.15) is 0 Å². The van der Waals surface area contributed by atoms with Crippen LogP contribution < -0.4 is 0 Å². The van der Waals surface area contributed by atoms with Gasteiger partial charge < -0.3 is 9.26 Å². The zero-order valence-electron chi connectivity index (χ0n) is 9.95. The standard InChI is InChI=1S/C13H13F2NO2/c1-2-10-6-11(18-16-10)8-17-7-9-4-3-5-12(14)13(9)15/h3-6H,2,7-8H2,1H3. The molecule has 1 aromatic carbocycles. The summed E-state index contributed by atoms with van der Waals surface area (Å²) in [5.41, 5.74) is 1.02. The molecule has 0 aliphatic carbocycles. The van der Waals surface area contributed by atoms with Gasteiger partial charge in [0.15, 0.2) is 17.4 Å². The van der Waals surface area contributed by atoms with Crippen molar-refractivity contribution in [3.05, 3.63) is 52.9 Å². The first kappa shape index (κ1) is 12.7. The summed E-state index contributed by atoms with van der Waals surface area (Å²) in [4.78, 5) is 0. The summed E-state index contributed by atoms with van der Waals surface area (Å²) in [6.07, 6.45) is 0.780. The van der Waals surface area contributed by atoms with Crippen LogP contribution in [-0.4, -0.2) is 5.16 Å². The average Bonchev–Trinajstić information content (AvgIpc) is 2.82. The van der Waals surface area contributed by atoms with Crippen LogP contribution in [0.2, 0.25) is 0 Å². The van der Waals surface area contributed by atoms with E-state index in [1.807, 2.05) is 6.92 Å². The lowest BCUT2D eigenvalue weighted by atomic mass is 10.2. The highest BCUT2D eigenvalue weighted by Gasteiger charge is 2.08. The first-order valence-electron chi connectivity index (χ1n) is 5.65. The Bertz CT molecular complexity index is 525. The molecule has 0 spiro atoms. The smallest absolute Gasteiger partial charge is 0.164 e. The van der Waals surface area contributed by atoms with Crippen molar-refractivity contribution in [2.45, 2.75) is 26.6 Å². The zero-order valence-corrected chi connectivity index (χ0v) is 9.95. The Balaban J connectivity index is 1.90. The lowest BCUT2D eigenvalue weighted by Gasteiger charge is -2.03. The Kier molecular flexibility index (Phi) is 4.04. The van der Waals surface area contributed by atoms with Crippen molar-refractivity contribution in [2.75, 3.05) is 0 Å². The molecule has 3 nitrogen and oxygen atoms in total. The van der Waals surface area contributed by atoms with Gasteiger partial charge in [-0.25, -0.2) is 8.78 Å². The van der Waals surface area contributed by atoms with Crippen molar-refractivity contribution < 1.29 is 18.0 Å². The zero-order chi connectivity index (χ0) is 13.0. The second kappa shape index (κ2) is 5.73. The van der Waals surface area contributed by atoms with E-state index in [-0.39, 0.29) is 18.8 Å². The predicted molar refractivity (Wildman–Crippen MR) is 60.7 cm³/mol. The van der Waals surface area contributed by atoms with E-state index in [9.17, 15) is 8.78 Å². The van der Waals surface area contributed by atoms with E-state index >= 15 is 0 Å². The van der Waals surface area contributed by atoms with Gasteiger partial charge in [-0.3, -0.25) is 0 Å². The highest BCUT2D eigenvalue weighted by Crippen LogP contribution is 2.13. The van der Waals surface area contributed by atoms with Crippen molar-refractivity contribution in [3.63, 3.8) is 0 Å². The molecule has 0 bridgehead atoms. The summed E-state index contributed by atoms with van der Waals surface area (Å²) in [5.74, 6) is -1.17. The van der Waals surface area contributed by atoms with Gasteiger partial charge in [0.1, 0.15) is 6.61 Å². The Morgan fingerprint density at radius 3 is 2.83 bits per heavy atom. The van der Waals surface area contributed by atoms with Crippen LogP contribution in [0.1, 0.15) is 23.9 Å². The third-order valence-corrected chi connectivity index (χ3v) is 2.50. The molecule has 0 saturated heterocycles. The molecule has 2 rings (SSSR count). The third kappa shape index (κ3) is 2.92. The number of hydrogen-bond acceptors (Lipinski definition) is 3. The maximum Gasteiger partial charge on any atom is 0.164 e. The number of nitrogens with zero attached hydrogens (tertiary/aromatic N) is 1. The number of rotatable bonds is 5. The van der Waals surface area contributed by atoms with Gasteiger partial charge >= 0.3 is 0 Å². The van der Waals surface area contributed by atoms with Gasteiger partial charge in [0.05, 0.1) is 12.3 Å². The molecule has 96 valence electrons. The number of aryl methyl sites for hydroxylation is 1. The molecular weight excluding hydrogens is 240 g/mol. The number of ether oxygens (including phenoxy) is 1. The fourth-order valence-corrected chi connectivity index (χ4v) is 1.51. The topological polar surface area (TPSA) is 35.3 Å². The highest BCUT2D eigenvalue weighted by atomic mass is 19.2. The van der Waals surface area contributed by atoms with Gasteiger partial charge in [-0.15, -0.1) is 0 Å². The monoisotopic (exact) mass is 253 g/mol. The van der Waals surface area contributed by atoms with Gasteiger partial charge in [0.2, 0.25) is 0 Å². The maximum absolute atomic E-state index is 13.3. The van der Waals surface area contributed by atoms with Crippen molar-refractivity contribution in [2.24, 2.45) is 0 Å². The molecule has 5 heteroatoms. The quantitative estimate of drug-likeness (QED) is 0.820. The fourth-order valence-electron chi connectivity index (χ4n) is 1.51. The predicted octanol–water partition coefficient (Wildman–Crippen LogP) is 3.23. The third-order valence-electron chi connectivity index (χ3n) is 2.50. The van der Waals surface area contributed by atoms with E-state index in [0.717, 1.165) is 18.2 Å². The molecule has 0 atom stereocenters. The van der Waals surface area contributed by atoms with Crippen LogP contribution in [0.15, 0.2) is 28.8 Å². The van der Waals surface area contributed by atoms with Crippen LogP contribution in [0, 0.1) is 11.6 Å². The second-order valence-corrected chi connectivity index (χ2v) is 3.84. The molecule has 18 heavy (non-hydrogen) atoms. The van der Waals surface area contributed by atoms with Crippen LogP contribution in [0.4, 0.5) is 8.78 Å². The maximum atomic E-state index is 13.3. The van der Waals surface area contributed by atoms with E-state index in [4.69, 9.17) is 9.26 Å². The molecule has 0 fully saturated rings. The number of hydrogen-bond donors (Lipinski definition) is 0. The molecule has 0 aliphatic rings. The Hall–Kier alpha value is -1.75. The largest absolute Gasteiger partial charge is 0.369 e. The van der Waals surface area contributed by atoms with Gasteiger partial charge in [0, 0.05) is 11.6 Å². The Labute approximate surface area is 103 Å². The first-order valence-corrected chi connectivity index (χ1v) is 5.65. The summed E-state index contributed by atoms with van der Waals surface area (Å²) in [7, 11) is 0. The highest BCUT2D eigenvalue weighted by molar-refractivity contribution is 5.18. The SMILES string of the molecule is CCc1cc(COCc2cccc(F)c2F)on1. The van der Waals surface area contributed by atoms with Crippen LogP contribution in [0.5, 0.6) is 0 Å². The van der Waals surface area contributed by atoms with Crippen LogP contribution in [0.25, 0.3) is 0 Å². The van der Waals surface area contributed by atoms with E-state index < -0.39 is 11.6 Å². The molecule has 1 aromatic heterocycles. The lowest BCUT2D eigenvalue weighted by Crippen LogP contribution is -1.98. The molecule has 2 aromatic rings. The number of halogens is 2. The van der Waals surface area contributed by atoms with Crippen molar-refractivity contribution >= 4 is 0 Å². The van der Waals surface area contributed by atoms with E-state index in [1.54, 1.807) is 6.07 Å². The summed E-state index contributed by atoms with van der Waals surface area (Å²) in [6, 6.07) is 5.78. The summed E-state index contributed by atoms with van der Waals surface area (Å²) in [6.45, 7) is 2.14. The van der Waals surface area contributed by atoms with E-state index in [1.165, 1.54) is 12.1 Å². The molecule has 0 unspecified atom stereocenters. The summed E-state index contributed by atoms with van der Waals surface area (Å²) < 4.78 is 36.5. The van der Waals surface area contributed by atoms with Crippen LogP contribution >= 0.6 is 0 Å². The lowest BCUT2D eigenvalue weighted by molar-refractivity contribution is 0.0860. The van der Waals surface area contributed by atoms with Crippen molar-refractivity contribution in [1.82, 2.24) is 5.16 Å². The van der Waals surface area contributed by atoms with E-state index in [0.29, 0.717) is 5.76 Å². The van der Waals surface area contributed by atoms with Crippen LogP contribution in [-0.2, 0) is 24.4 Å². The molecule has 0 aliphatic heterocycles. The van der Waals surface area contributed by atoms with Crippen molar-refractivity contribution in [3.8, 4) is 0 Å². The fraction of sp³-hybridized carbons (Fsp3) is 0.308. The van der Waals surface area contributed by atoms with Crippen molar-refractivity contribution in [1.29, 1.82) is 0 Å². The molecule has 0 saturated carbocycles. The summed E-state index contributed by atoms with van der Waals surface area (Å²) in [5, 5.41) is 3.80. The summed E-state index contributed by atoms with van der Waals surface area (Å²) >= 11 is 0. The first-order chi connectivity index (χ1) is 8.70. The van der Waals surface area contributed by atoms with Crippen LogP contribution in [0.3, 0.4) is 0 Å². The minimum atomic E-state index is -0.871. The Morgan fingerprint density at radius 2 is 2.11 bits per heavy atom.